The van der Waals surface area contributed by atoms with E-state index in [0.717, 1.165) is 10.2 Å². The lowest BCUT2D eigenvalue weighted by atomic mass is 10.4. The molecule has 0 atom stereocenters. The Bertz CT molecular complexity index is 528. The van der Waals surface area contributed by atoms with Crippen molar-refractivity contribution in [1.82, 2.24) is 19.6 Å². The minimum absolute atomic E-state index is 0.326. The van der Waals surface area contributed by atoms with Crippen molar-refractivity contribution in [3.05, 3.63) is 34.3 Å². The molecule has 0 N–H and O–H groups in total. The first-order chi connectivity index (χ1) is 8.95. The lowest BCUT2D eigenvalue weighted by Gasteiger charge is -2.00. The summed E-state index contributed by atoms with van der Waals surface area (Å²) >= 11 is 3.33. The van der Waals surface area contributed by atoms with Crippen LogP contribution in [0.2, 0.25) is 0 Å². The molecule has 6 nitrogen and oxygen atoms in total. The number of nitrogens with zero attached hydrogens (tertiary/aromatic N) is 4. The minimum atomic E-state index is -0.326. The Kier molecular flexibility index (Phi) is 5.75. The van der Waals surface area contributed by atoms with Crippen LogP contribution in [-0.2, 0) is 18.8 Å². The van der Waals surface area contributed by atoms with Crippen LogP contribution in [0.5, 0.6) is 0 Å². The van der Waals surface area contributed by atoms with Crippen LogP contribution in [-0.4, -0.2) is 32.1 Å². The van der Waals surface area contributed by atoms with Gasteiger partial charge in [-0.05, 0) is 35.8 Å². The maximum atomic E-state index is 11.0. The summed E-state index contributed by atoms with van der Waals surface area (Å²) in [6.07, 6.45) is 3.49. The van der Waals surface area contributed by atoms with Gasteiger partial charge in [0.25, 0.3) is 0 Å². The zero-order valence-electron chi connectivity index (χ0n) is 11.4. The molecule has 0 fully saturated rings. The van der Waals surface area contributed by atoms with Gasteiger partial charge in [0.1, 0.15) is 5.69 Å². The quantitative estimate of drug-likeness (QED) is 0.792. The predicted molar refractivity (Wildman–Crippen MR) is 74.8 cm³/mol. The van der Waals surface area contributed by atoms with Crippen molar-refractivity contribution >= 4 is 21.9 Å². The first-order valence-electron chi connectivity index (χ1n) is 5.76. The number of hydrogen-bond acceptors (Lipinski definition) is 4. The van der Waals surface area contributed by atoms with E-state index in [9.17, 15) is 4.79 Å². The molecule has 19 heavy (non-hydrogen) atoms. The molecular weight excluding hydrogens is 312 g/mol. The second kappa shape index (κ2) is 7.08. The van der Waals surface area contributed by atoms with Gasteiger partial charge in [-0.1, -0.05) is 0 Å². The molecule has 2 aromatic rings. The van der Waals surface area contributed by atoms with E-state index >= 15 is 0 Å². The van der Waals surface area contributed by atoms with E-state index in [0.29, 0.717) is 12.3 Å². The van der Waals surface area contributed by atoms with Crippen molar-refractivity contribution in [3.8, 4) is 0 Å². The maximum Gasteiger partial charge on any atom is 0.356 e. The highest BCUT2D eigenvalue weighted by Gasteiger charge is 2.09. The van der Waals surface area contributed by atoms with E-state index < -0.39 is 0 Å². The number of esters is 1. The van der Waals surface area contributed by atoms with E-state index in [1.807, 2.05) is 20.2 Å². The summed E-state index contributed by atoms with van der Waals surface area (Å²) in [5, 5.41) is 7.92. The normalized spacial score (nSPS) is 9.74. The Morgan fingerprint density at radius 1 is 1.47 bits per heavy atom. The number of carbonyl (C=O) groups excluding carboxylic acids is 1. The van der Waals surface area contributed by atoms with Crippen molar-refractivity contribution in [3.63, 3.8) is 0 Å². The third-order valence-electron chi connectivity index (χ3n) is 2.26. The Balaban J connectivity index is 0.000000200. The number of carbonyl (C=O) groups is 1. The molecule has 0 saturated heterocycles. The van der Waals surface area contributed by atoms with E-state index in [2.05, 4.69) is 26.1 Å². The van der Waals surface area contributed by atoms with Gasteiger partial charge < -0.3 is 4.74 Å². The topological polar surface area (TPSA) is 61.9 Å². The molecule has 0 saturated carbocycles. The number of rotatable bonds is 2. The zero-order valence-corrected chi connectivity index (χ0v) is 13.0. The largest absolute Gasteiger partial charge is 0.461 e. The van der Waals surface area contributed by atoms with Crippen LogP contribution in [0, 0.1) is 6.92 Å². The van der Waals surface area contributed by atoms with Gasteiger partial charge in [-0.15, -0.1) is 0 Å². The molecule has 2 rings (SSSR count). The van der Waals surface area contributed by atoms with E-state index in [1.165, 1.54) is 4.68 Å². The van der Waals surface area contributed by atoms with Crippen LogP contribution in [0.4, 0.5) is 0 Å². The molecule has 0 aliphatic carbocycles. The number of hydrogen-bond donors (Lipinski definition) is 0. The van der Waals surface area contributed by atoms with Gasteiger partial charge in [0.15, 0.2) is 0 Å². The molecule has 0 aliphatic heterocycles. The first kappa shape index (κ1) is 15.4. The SMILES string of the molecule is CCOC(=O)c1ccnn1C.Cc1nn(C)cc1Br. The van der Waals surface area contributed by atoms with E-state index in [-0.39, 0.29) is 5.97 Å². The highest BCUT2D eigenvalue weighted by molar-refractivity contribution is 9.10. The molecule has 0 aliphatic rings. The van der Waals surface area contributed by atoms with Crippen LogP contribution < -0.4 is 0 Å². The van der Waals surface area contributed by atoms with Crippen molar-refractivity contribution in [2.24, 2.45) is 14.1 Å². The summed E-state index contributed by atoms with van der Waals surface area (Å²) in [6, 6.07) is 1.62. The molecular formula is C12H17BrN4O2. The van der Waals surface area contributed by atoms with E-state index in [1.54, 1.807) is 30.9 Å². The van der Waals surface area contributed by atoms with Crippen molar-refractivity contribution in [2.45, 2.75) is 13.8 Å². The van der Waals surface area contributed by atoms with Crippen LogP contribution in [0.3, 0.4) is 0 Å². The lowest BCUT2D eigenvalue weighted by molar-refractivity contribution is 0.0513. The fraction of sp³-hybridized carbons (Fsp3) is 0.417. The fourth-order valence-corrected chi connectivity index (χ4v) is 1.73. The standard InChI is InChI=1S/C7H10N2O2.C5H7BrN2/c1-3-11-7(10)6-4-5-8-9(6)2;1-4-5(6)3-8(2)7-4/h4-5H,3H2,1-2H3;3H,1-2H3. The van der Waals surface area contributed by atoms with Gasteiger partial charge in [0.2, 0.25) is 0 Å². The van der Waals surface area contributed by atoms with Gasteiger partial charge >= 0.3 is 5.97 Å². The highest BCUT2D eigenvalue weighted by Crippen LogP contribution is 2.11. The molecule has 0 spiro atoms. The van der Waals surface area contributed by atoms with Gasteiger partial charge in [-0.25, -0.2) is 4.79 Å². The molecule has 7 heteroatoms. The summed E-state index contributed by atoms with van der Waals surface area (Å²) < 4.78 is 9.10. The first-order valence-corrected chi connectivity index (χ1v) is 6.55. The minimum Gasteiger partial charge on any atom is -0.461 e. The smallest absolute Gasteiger partial charge is 0.356 e. The average molecular weight is 329 g/mol. The molecule has 104 valence electrons. The van der Waals surface area contributed by atoms with E-state index in [4.69, 9.17) is 4.74 Å². The maximum absolute atomic E-state index is 11.0. The lowest BCUT2D eigenvalue weighted by Crippen LogP contribution is -2.10. The molecule has 0 radical (unpaired) electrons. The van der Waals surface area contributed by atoms with Gasteiger partial charge in [0, 0.05) is 26.5 Å². The Labute approximate surface area is 120 Å². The Morgan fingerprint density at radius 3 is 2.47 bits per heavy atom. The summed E-state index contributed by atoms with van der Waals surface area (Å²) in [5.74, 6) is -0.326. The Hall–Kier alpha value is -1.63. The molecule has 2 heterocycles. The summed E-state index contributed by atoms with van der Waals surface area (Å²) in [7, 11) is 3.60. The monoisotopic (exact) mass is 328 g/mol. The van der Waals surface area contributed by atoms with Crippen molar-refractivity contribution in [2.75, 3.05) is 6.61 Å². The van der Waals surface area contributed by atoms with Gasteiger partial charge in [-0.2, -0.15) is 10.2 Å². The van der Waals surface area contributed by atoms with Gasteiger partial charge in [0.05, 0.1) is 16.8 Å². The van der Waals surface area contributed by atoms with Crippen LogP contribution >= 0.6 is 15.9 Å². The molecule has 0 amide bonds. The van der Waals surface area contributed by atoms with Crippen LogP contribution in [0.1, 0.15) is 23.1 Å². The third-order valence-corrected chi connectivity index (χ3v) is 3.04. The Morgan fingerprint density at radius 2 is 2.16 bits per heavy atom. The van der Waals surface area contributed by atoms with Crippen LogP contribution in [0.25, 0.3) is 0 Å². The zero-order chi connectivity index (χ0) is 14.4. The molecule has 2 aromatic heterocycles. The average Bonchev–Trinajstić information content (AvgIpc) is 2.87. The van der Waals surface area contributed by atoms with Crippen molar-refractivity contribution in [1.29, 1.82) is 0 Å². The molecule has 0 bridgehead atoms. The summed E-state index contributed by atoms with van der Waals surface area (Å²) in [6.45, 7) is 4.13. The molecule has 0 unspecified atom stereocenters. The fourth-order valence-electron chi connectivity index (χ4n) is 1.35. The van der Waals surface area contributed by atoms with Crippen LogP contribution in [0.15, 0.2) is 22.9 Å². The number of ether oxygens (including phenoxy) is 1. The number of halogens is 1. The van der Waals surface area contributed by atoms with Crippen molar-refractivity contribution < 1.29 is 9.53 Å². The summed E-state index contributed by atoms with van der Waals surface area (Å²) in [5.41, 5.74) is 1.51. The van der Waals surface area contributed by atoms with Gasteiger partial charge in [-0.3, -0.25) is 9.36 Å². The number of aromatic nitrogens is 4. The molecule has 0 aromatic carbocycles. The summed E-state index contributed by atoms with van der Waals surface area (Å²) in [4.78, 5) is 11.0. The second-order valence-electron chi connectivity index (χ2n) is 3.80. The highest BCUT2D eigenvalue weighted by atomic mass is 79.9. The number of aryl methyl sites for hydroxylation is 3. The second-order valence-corrected chi connectivity index (χ2v) is 4.65. The third kappa shape index (κ3) is 4.51. The predicted octanol–water partition coefficient (Wildman–Crippen LogP) is 2.09.